The monoisotopic (exact) mass is 321 g/mol. The molecule has 0 bridgehead atoms. The lowest BCUT2D eigenvalue weighted by Crippen LogP contribution is -2.22. The van der Waals surface area contributed by atoms with Gasteiger partial charge in [-0.25, -0.2) is 4.98 Å². The summed E-state index contributed by atoms with van der Waals surface area (Å²) in [6.45, 7) is 12.9. The highest BCUT2D eigenvalue weighted by molar-refractivity contribution is 5.53. The maximum absolute atomic E-state index is 6.73. The zero-order chi connectivity index (χ0) is 17.6. The number of hydrogen-bond acceptors (Lipinski definition) is 2. The van der Waals surface area contributed by atoms with Crippen molar-refractivity contribution in [2.75, 3.05) is 0 Å². The fraction of sp³-hybridized carbons (Fsp3) is 0.381. The van der Waals surface area contributed by atoms with Gasteiger partial charge in [0.1, 0.15) is 5.65 Å². The number of hydrogen-bond donors (Lipinski definition) is 1. The van der Waals surface area contributed by atoms with Crippen molar-refractivity contribution in [2.45, 2.75) is 53.0 Å². The van der Waals surface area contributed by atoms with Crippen LogP contribution in [0.4, 0.5) is 0 Å². The molecule has 0 aliphatic rings. The summed E-state index contributed by atoms with van der Waals surface area (Å²) in [5.74, 6) is 0. The first-order valence-corrected chi connectivity index (χ1v) is 8.51. The van der Waals surface area contributed by atoms with E-state index in [1.807, 2.05) is 0 Å². The first-order valence-electron chi connectivity index (χ1n) is 8.51. The fourth-order valence-corrected chi connectivity index (χ4v) is 3.19. The van der Waals surface area contributed by atoms with E-state index in [-0.39, 0.29) is 11.5 Å². The van der Waals surface area contributed by atoms with Crippen molar-refractivity contribution in [3.8, 4) is 0 Å². The maximum Gasteiger partial charge on any atom is 0.140 e. The van der Waals surface area contributed by atoms with Gasteiger partial charge >= 0.3 is 0 Å². The Morgan fingerprint density at radius 3 is 2.33 bits per heavy atom. The van der Waals surface area contributed by atoms with Crippen molar-refractivity contribution in [3.05, 3.63) is 70.2 Å². The van der Waals surface area contributed by atoms with Crippen molar-refractivity contribution in [2.24, 2.45) is 5.73 Å². The quantitative estimate of drug-likeness (QED) is 0.749. The van der Waals surface area contributed by atoms with Crippen molar-refractivity contribution < 1.29 is 0 Å². The van der Waals surface area contributed by atoms with Gasteiger partial charge in [-0.1, -0.05) is 45.0 Å². The van der Waals surface area contributed by atoms with Crippen LogP contribution in [0.2, 0.25) is 0 Å². The van der Waals surface area contributed by atoms with E-state index in [4.69, 9.17) is 10.7 Å². The van der Waals surface area contributed by atoms with E-state index in [1.165, 1.54) is 16.7 Å². The highest BCUT2D eigenvalue weighted by Crippen LogP contribution is 2.33. The number of nitrogens with two attached hydrogens (primary N) is 1. The zero-order valence-electron chi connectivity index (χ0n) is 15.5. The van der Waals surface area contributed by atoms with E-state index >= 15 is 0 Å². The Balaban J connectivity index is 2.27. The SMILES string of the molecule is Cc1ccc(C(N)c2c(C(C)(C)C)nc3c(C)cccn23)cc1C. The van der Waals surface area contributed by atoms with Crippen LogP contribution in [-0.2, 0) is 5.41 Å². The lowest BCUT2D eigenvalue weighted by molar-refractivity contribution is 0.558. The molecule has 0 spiro atoms. The third-order valence-electron chi connectivity index (χ3n) is 4.78. The predicted molar refractivity (Wildman–Crippen MR) is 101 cm³/mol. The summed E-state index contributed by atoms with van der Waals surface area (Å²) >= 11 is 0. The molecule has 1 unspecified atom stereocenters. The van der Waals surface area contributed by atoms with Crippen molar-refractivity contribution in [3.63, 3.8) is 0 Å². The van der Waals surface area contributed by atoms with Gasteiger partial charge in [0.25, 0.3) is 0 Å². The zero-order valence-corrected chi connectivity index (χ0v) is 15.5. The average Bonchev–Trinajstić information content (AvgIpc) is 2.90. The maximum atomic E-state index is 6.73. The molecule has 126 valence electrons. The molecule has 2 N–H and O–H groups in total. The molecule has 3 rings (SSSR count). The Morgan fingerprint density at radius 1 is 1.00 bits per heavy atom. The highest BCUT2D eigenvalue weighted by Gasteiger charge is 2.28. The molecule has 1 aromatic carbocycles. The smallest absolute Gasteiger partial charge is 0.140 e. The van der Waals surface area contributed by atoms with Crippen LogP contribution in [0.25, 0.3) is 5.65 Å². The van der Waals surface area contributed by atoms with E-state index in [9.17, 15) is 0 Å². The Kier molecular flexibility index (Phi) is 4.00. The average molecular weight is 321 g/mol. The van der Waals surface area contributed by atoms with Gasteiger partial charge in [0.15, 0.2) is 0 Å². The number of rotatable bonds is 2. The van der Waals surface area contributed by atoms with Crippen molar-refractivity contribution >= 4 is 5.65 Å². The fourth-order valence-electron chi connectivity index (χ4n) is 3.19. The molecule has 0 aliphatic heterocycles. The molecule has 3 nitrogen and oxygen atoms in total. The summed E-state index contributed by atoms with van der Waals surface area (Å²) in [6.07, 6.45) is 2.07. The number of pyridine rings is 1. The van der Waals surface area contributed by atoms with Gasteiger partial charge in [0.05, 0.1) is 17.4 Å². The lowest BCUT2D eigenvalue weighted by atomic mass is 9.87. The van der Waals surface area contributed by atoms with E-state index in [0.29, 0.717) is 0 Å². The Bertz CT molecular complexity index is 897. The van der Waals surface area contributed by atoms with Gasteiger partial charge in [0.2, 0.25) is 0 Å². The largest absolute Gasteiger partial charge is 0.319 e. The van der Waals surface area contributed by atoms with Crippen LogP contribution in [0.15, 0.2) is 36.5 Å². The Hall–Kier alpha value is -2.13. The molecular formula is C21H27N3. The van der Waals surface area contributed by atoms with Gasteiger partial charge in [-0.15, -0.1) is 0 Å². The van der Waals surface area contributed by atoms with Crippen LogP contribution < -0.4 is 5.73 Å². The minimum atomic E-state index is -0.199. The van der Waals surface area contributed by atoms with E-state index in [1.54, 1.807) is 0 Å². The standard InChI is InChI=1S/C21H27N3/c1-13-9-10-16(12-15(13)3)17(22)18-19(21(4,5)6)23-20-14(2)8-7-11-24(18)20/h7-12,17H,22H2,1-6H3. The van der Waals surface area contributed by atoms with Crippen LogP contribution in [0, 0.1) is 20.8 Å². The normalized spacial score (nSPS) is 13.5. The summed E-state index contributed by atoms with van der Waals surface area (Å²) in [4.78, 5) is 4.95. The molecule has 0 saturated carbocycles. The first-order chi connectivity index (χ1) is 11.2. The van der Waals surface area contributed by atoms with Crippen molar-refractivity contribution in [1.29, 1.82) is 0 Å². The minimum absolute atomic E-state index is 0.0643. The van der Waals surface area contributed by atoms with Crippen LogP contribution in [0.3, 0.4) is 0 Å². The van der Waals surface area contributed by atoms with Crippen LogP contribution in [0.1, 0.15) is 60.5 Å². The summed E-state index contributed by atoms with van der Waals surface area (Å²) in [6, 6.07) is 10.4. The van der Waals surface area contributed by atoms with Gasteiger partial charge in [0, 0.05) is 11.6 Å². The van der Waals surface area contributed by atoms with E-state index in [0.717, 1.165) is 22.6 Å². The van der Waals surface area contributed by atoms with Gasteiger partial charge in [-0.05, 0) is 49.1 Å². The molecule has 0 saturated heterocycles. The second kappa shape index (κ2) is 5.75. The number of benzene rings is 1. The second-order valence-corrected chi connectivity index (χ2v) is 7.80. The second-order valence-electron chi connectivity index (χ2n) is 7.80. The van der Waals surface area contributed by atoms with Crippen LogP contribution >= 0.6 is 0 Å². The molecule has 2 aromatic heterocycles. The predicted octanol–water partition coefficient (Wildman–Crippen LogP) is 4.61. The topological polar surface area (TPSA) is 43.3 Å². The molecule has 0 aliphatic carbocycles. The third kappa shape index (κ3) is 2.73. The van der Waals surface area contributed by atoms with E-state index in [2.05, 4.69) is 82.5 Å². The molecule has 3 heteroatoms. The van der Waals surface area contributed by atoms with Gasteiger partial charge in [-0.2, -0.15) is 0 Å². The van der Waals surface area contributed by atoms with Gasteiger partial charge in [-0.3, -0.25) is 0 Å². The Morgan fingerprint density at radius 2 is 1.71 bits per heavy atom. The first kappa shape index (κ1) is 16.7. The molecule has 2 heterocycles. The molecule has 0 radical (unpaired) electrons. The molecule has 24 heavy (non-hydrogen) atoms. The van der Waals surface area contributed by atoms with Crippen LogP contribution in [0.5, 0.6) is 0 Å². The number of imidazole rings is 1. The summed E-state index contributed by atoms with van der Waals surface area (Å²) in [7, 11) is 0. The number of nitrogens with zero attached hydrogens (tertiary/aromatic N) is 2. The molecule has 0 fully saturated rings. The Labute approximate surface area is 144 Å². The number of aromatic nitrogens is 2. The summed E-state index contributed by atoms with van der Waals surface area (Å²) < 4.78 is 2.16. The summed E-state index contributed by atoms with van der Waals surface area (Å²) in [5, 5.41) is 0. The highest BCUT2D eigenvalue weighted by atomic mass is 15.0. The minimum Gasteiger partial charge on any atom is -0.319 e. The number of fused-ring (bicyclic) bond motifs is 1. The van der Waals surface area contributed by atoms with Crippen LogP contribution in [-0.4, -0.2) is 9.38 Å². The molecule has 0 amide bonds. The lowest BCUT2D eigenvalue weighted by Gasteiger charge is -2.22. The molecule has 3 aromatic rings. The molecular weight excluding hydrogens is 294 g/mol. The van der Waals surface area contributed by atoms with Gasteiger partial charge < -0.3 is 10.1 Å². The van der Waals surface area contributed by atoms with Crippen molar-refractivity contribution in [1.82, 2.24) is 9.38 Å². The number of aryl methyl sites for hydroxylation is 3. The third-order valence-corrected chi connectivity index (χ3v) is 4.78. The molecule has 1 atom stereocenters. The summed E-state index contributed by atoms with van der Waals surface area (Å²) in [5.41, 5.74) is 14.7. The van der Waals surface area contributed by atoms with E-state index < -0.39 is 0 Å².